The molecule has 1 aliphatic heterocycles. The molecule has 3 N–H and O–H groups in total. The van der Waals surface area contributed by atoms with E-state index in [2.05, 4.69) is 10.6 Å². The van der Waals surface area contributed by atoms with Crippen LogP contribution in [-0.2, 0) is 4.79 Å². The summed E-state index contributed by atoms with van der Waals surface area (Å²) in [7, 11) is 0. The summed E-state index contributed by atoms with van der Waals surface area (Å²) in [5.41, 5.74) is -0.138. The molecule has 0 aromatic heterocycles. The number of carboxylic acids is 1. The predicted octanol–water partition coefficient (Wildman–Crippen LogP) is 1.32. The van der Waals surface area contributed by atoms with Crippen LogP contribution in [0.15, 0.2) is 18.2 Å². The van der Waals surface area contributed by atoms with E-state index in [4.69, 9.17) is 5.11 Å². The maximum atomic E-state index is 13.7. The van der Waals surface area contributed by atoms with Gasteiger partial charge in [0.1, 0.15) is 5.82 Å². The van der Waals surface area contributed by atoms with Crippen molar-refractivity contribution in [2.45, 2.75) is 6.92 Å². The van der Waals surface area contributed by atoms with Crippen molar-refractivity contribution in [1.82, 2.24) is 5.32 Å². The Morgan fingerprint density at radius 3 is 2.68 bits per heavy atom. The number of nitrogens with one attached hydrogen (secondary N) is 2. The average molecular weight is 266 g/mol. The van der Waals surface area contributed by atoms with Gasteiger partial charge in [0, 0.05) is 6.54 Å². The van der Waals surface area contributed by atoms with Gasteiger partial charge in [-0.3, -0.25) is 4.79 Å². The summed E-state index contributed by atoms with van der Waals surface area (Å²) in [5.74, 6) is -2.20. The van der Waals surface area contributed by atoms with Gasteiger partial charge in [0.15, 0.2) is 0 Å². The number of aromatic carboxylic acids is 1. The maximum absolute atomic E-state index is 13.7. The molecule has 0 unspecified atom stereocenters. The van der Waals surface area contributed by atoms with Gasteiger partial charge < -0.3 is 15.7 Å². The van der Waals surface area contributed by atoms with Gasteiger partial charge >= 0.3 is 5.97 Å². The van der Waals surface area contributed by atoms with Gasteiger partial charge in [-0.05, 0) is 30.7 Å². The molecule has 2 atom stereocenters. The number of benzene rings is 1. The summed E-state index contributed by atoms with van der Waals surface area (Å²) in [6.07, 6.45) is 0. The number of carboxylic acid groups (broad SMARTS) is 1. The molecule has 1 aliphatic rings. The normalized spacial score (nSPS) is 22.2. The van der Waals surface area contributed by atoms with E-state index in [0.29, 0.717) is 6.54 Å². The first kappa shape index (κ1) is 13.5. The van der Waals surface area contributed by atoms with E-state index in [0.717, 1.165) is 12.6 Å². The molecule has 2 rings (SSSR count). The van der Waals surface area contributed by atoms with Gasteiger partial charge in [-0.2, -0.15) is 0 Å². The summed E-state index contributed by atoms with van der Waals surface area (Å²) in [5, 5.41) is 14.3. The number of hydrogen-bond acceptors (Lipinski definition) is 3. The van der Waals surface area contributed by atoms with E-state index >= 15 is 0 Å². The van der Waals surface area contributed by atoms with E-state index in [1.165, 1.54) is 12.1 Å². The number of anilines is 1. The van der Waals surface area contributed by atoms with E-state index in [9.17, 15) is 14.0 Å². The molecule has 1 amide bonds. The van der Waals surface area contributed by atoms with Gasteiger partial charge in [0.05, 0.1) is 17.2 Å². The number of hydrogen-bond donors (Lipinski definition) is 3. The van der Waals surface area contributed by atoms with Crippen molar-refractivity contribution < 1.29 is 19.1 Å². The minimum absolute atomic E-state index is 0.00843. The van der Waals surface area contributed by atoms with Crippen LogP contribution in [0.2, 0.25) is 0 Å². The van der Waals surface area contributed by atoms with E-state index in [1.54, 1.807) is 0 Å². The first-order chi connectivity index (χ1) is 8.99. The lowest BCUT2D eigenvalue weighted by molar-refractivity contribution is -0.120. The molecule has 19 heavy (non-hydrogen) atoms. The second-order valence-electron chi connectivity index (χ2n) is 4.73. The molecular formula is C13H15FN2O3. The summed E-state index contributed by atoms with van der Waals surface area (Å²) in [4.78, 5) is 22.6. The molecular weight excluding hydrogens is 251 g/mol. The molecule has 1 aromatic rings. The Morgan fingerprint density at radius 1 is 1.42 bits per heavy atom. The molecule has 1 fully saturated rings. The van der Waals surface area contributed by atoms with Crippen LogP contribution in [0.4, 0.5) is 10.1 Å². The fourth-order valence-electron chi connectivity index (χ4n) is 2.14. The zero-order valence-corrected chi connectivity index (χ0v) is 10.4. The standard InChI is InChI=1S/C13H15FN2O3/c1-7-5-15-6-9(7)12(17)16-11-3-2-8(13(18)19)4-10(11)14/h2-4,7,9,15H,5-6H2,1H3,(H,16,17)(H,18,19)/t7-,9-/m1/s1. The molecule has 1 saturated heterocycles. The Balaban J connectivity index is 2.11. The molecule has 0 bridgehead atoms. The third kappa shape index (κ3) is 2.90. The lowest BCUT2D eigenvalue weighted by atomic mass is 9.97. The Labute approximate surface area is 109 Å². The lowest BCUT2D eigenvalue weighted by Crippen LogP contribution is -2.28. The topological polar surface area (TPSA) is 78.4 Å². The molecule has 0 spiro atoms. The average Bonchev–Trinajstić information content (AvgIpc) is 2.77. The monoisotopic (exact) mass is 266 g/mol. The van der Waals surface area contributed by atoms with Crippen LogP contribution in [0.5, 0.6) is 0 Å². The van der Waals surface area contributed by atoms with Crippen LogP contribution in [0.3, 0.4) is 0 Å². The molecule has 1 aromatic carbocycles. The van der Waals surface area contributed by atoms with Gasteiger partial charge in [0.2, 0.25) is 5.91 Å². The smallest absolute Gasteiger partial charge is 0.335 e. The zero-order valence-electron chi connectivity index (χ0n) is 10.4. The van der Waals surface area contributed by atoms with Gasteiger partial charge in [-0.25, -0.2) is 9.18 Å². The molecule has 0 saturated carbocycles. The number of carbonyl (C=O) groups excluding carboxylic acids is 1. The molecule has 1 heterocycles. The van der Waals surface area contributed by atoms with Crippen LogP contribution in [0, 0.1) is 17.7 Å². The second-order valence-corrected chi connectivity index (χ2v) is 4.73. The first-order valence-electron chi connectivity index (χ1n) is 6.03. The quantitative estimate of drug-likeness (QED) is 0.771. The van der Waals surface area contributed by atoms with Crippen LogP contribution < -0.4 is 10.6 Å². The number of rotatable bonds is 3. The van der Waals surface area contributed by atoms with Crippen molar-refractivity contribution in [3.8, 4) is 0 Å². The van der Waals surface area contributed by atoms with Crippen molar-refractivity contribution in [3.63, 3.8) is 0 Å². The van der Waals surface area contributed by atoms with Crippen LogP contribution in [0.25, 0.3) is 0 Å². The SMILES string of the molecule is C[C@@H]1CNC[C@H]1C(=O)Nc1ccc(C(=O)O)cc1F. The largest absolute Gasteiger partial charge is 0.478 e. The zero-order chi connectivity index (χ0) is 14.0. The number of amides is 1. The predicted molar refractivity (Wildman–Crippen MR) is 67.5 cm³/mol. The minimum Gasteiger partial charge on any atom is -0.478 e. The van der Waals surface area contributed by atoms with E-state index in [1.807, 2.05) is 6.92 Å². The molecule has 5 nitrogen and oxygen atoms in total. The van der Waals surface area contributed by atoms with Crippen molar-refractivity contribution in [2.24, 2.45) is 11.8 Å². The summed E-state index contributed by atoms with van der Waals surface area (Å²) >= 11 is 0. The van der Waals surface area contributed by atoms with Crippen molar-refractivity contribution in [1.29, 1.82) is 0 Å². The number of carbonyl (C=O) groups is 2. The van der Waals surface area contributed by atoms with Crippen LogP contribution >= 0.6 is 0 Å². The molecule has 102 valence electrons. The second kappa shape index (κ2) is 5.36. The maximum Gasteiger partial charge on any atom is 0.335 e. The Hall–Kier alpha value is -1.95. The first-order valence-corrected chi connectivity index (χ1v) is 6.03. The van der Waals surface area contributed by atoms with Crippen LogP contribution in [0.1, 0.15) is 17.3 Å². The van der Waals surface area contributed by atoms with Crippen molar-refractivity contribution in [2.75, 3.05) is 18.4 Å². The summed E-state index contributed by atoms with van der Waals surface area (Å²) in [6.45, 7) is 3.29. The highest BCUT2D eigenvalue weighted by atomic mass is 19.1. The fraction of sp³-hybridized carbons (Fsp3) is 0.385. The van der Waals surface area contributed by atoms with Gasteiger partial charge in [-0.15, -0.1) is 0 Å². The van der Waals surface area contributed by atoms with Crippen LogP contribution in [-0.4, -0.2) is 30.1 Å². The minimum atomic E-state index is -1.20. The van der Waals surface area contributed by atoms with Crippen molar-refractivity contribution >= 4 is 17.6 Å². The summed E-state index contributed by atoms with van der Waals surface area (Å²) in [6, 6.07) is 3.43. The van der Waals surface area contributed by atoms with E-state index < -0.39 is 11.8 Å². The third-order valence-electron chi connectivity index (χ3n) is 3.33. The summed E-state index contributed by atoms with van der Waals surface area (Å²) < 4.78 is 13.7. The van der Waals surface area contributed by atoms with Gasteiger partial charge in [-0.1, -0.05) is 6.92 Å². The van der Waals surface area contributed by atoms with E-state index in [-0.39, 0.29) is 29.0 Å². The van der Waals surface area contributed by atoms with Gasteiger partial charge in [0.25, 0.3) is 0 Å². The third-order valence-corrected chi connectivity index (χ3v) is 3.33. The highest BCUT2D eigenvalue weighted by Crippen LogP contribution is 2.21. The highest BCUT2D eigenvalue weighted by Gasteiger charge is 2.29. The Kier molecular flexibility index (Phi) is 3.80. The van der Waals surface area contributed by atoms with Crippen molar-refractivity contribution in [3.05, 3.63) is 29.6 Å². The molecule has 0 radical (unpaired) electrons. The molecule has 0 aliphatic carbocycles. The lowest BCUT2D eigenvalue weighted by Gasteiger charge is -2.14. The highest BCUT2D eigenvalue weighted by molar-refractivity contribution is 5.94. The Morgan fingerprint density at radius 2 is 2.16 bits per heavy atom. The number of halogens is 1. The Bertz CT molecular complexity index is 519. The molecule has 6 heteroatoms. The fourth-order valence-corrected chi connectivity index (χ4v) is 2.14.